The summed E-state index contributed by atoms with van der Waals surface area (Å²) in [5.74, 6) is 1.53. The molecule has 0 unspecified atom stereocenters. The van der Waals surface area contributed by atoms with E-state index in [0.717, 1.165) is 30.7 Å². The highest BCUT2D eigenvalue weighted by Crippen LogP contribution is 2.64. The summed E-state index contributed by atoms with van der Waals surface area (Å²) >= 11 is 0. The van der Waals surface area contributed by atoms with Crippen LogP contribution >= 0.6 is 0 Å². The van der Waals surface area contributed by atoms with Crippen molar-refractivity contribution in [3.63, 3.8) is 0 Å². The molecule has 1 saturated carbocycles. The summed E-state index contributed by atoms with van der Waals surface area (Å²) in [7, 11) is 3.81. The Morgan fingerprint density at radius 3 is 2.56 bits per heavy atom. The lowest BCUT2D eigenvalue weighted by atomic mass is 9.48. The van der Waals surface area contributed by atoms with Crippen molar-refractivity contribution in [2.75, 3.05) is 33.9 Å². The van der Waals surface area contributed by atoms with E-state index in [4.69, 9.17) is 18.9 Å². The summed E-state index contributed by atoms with van der Waals surface area (Å²) in [5, 5.41) is 12.4. The summed E-state index contributed by atoms with van der Waals surface area (Å²) in [5.41, 5.74) is 0.881. The molecule has 0 radical (unpaired) electrons. The molecular formula is C26H31NO5. The molecule has 32 heavy (non-hydrogen) atoms. The molecule has 6 nitrogen and oxygen atoms in total. The molecule has 3 fully saturated rings. The Kier molecular flexibility index (Phi) is 4.60. The van der Waals surface area contributed by atoms with Gasteiger partial charge in [-0.3, -0.25) is 0 Å². The number of likely N-dealkylation sites (tertiary alicyclic amines) is 1. The fourth-order valence-electron chi connectivity index (χ4n) is 6.87. The number of benzene rings is 2. The highest BCUT2D eigenvalue weighted by Gasteiger charge is 2.68. The van der Waals surface area contributed by atoms with Gasteiger partial charge in [0.1, 0.15) is 5.75 Å². The van der Waals surface area contributed by atoms with E-state index in [-0.39, 0.29) is 6.04 Å². The number of fused-ring (bicyclic) bond motifs is 1. The summed E-state index contributed by atoms with van der Waals surface area (Å²) in [4.78, 5) is 2.33. The molecular weight excluding hydrogens is 406 g/mol. The Balaban J connectivity index is 1.58. The van der Waals surface area contributed by atoms with Crippen molar-refractivity contribution in [3.8, 4) is 17.2 Å². The third-order valence-electron chi connectivity index (χ3n) is 8.36. The van der Waals surface area contributed by atoms with Gasteiger partial charge in [-0.15, -0.1) is 0 Å². The van der Waals surface area contributed by atoms with E-state index in [1.807, 2.05) is 36.4 Å². The molecule has 0 amide bonds. The van der Waals surface area contributed by atoms with Gasteiger partial charge in [-0.1, -0.05) is 24.3 Å². The average molecular weight is 438 g/mol. The number of nitrogens with zero attached hydrogens (tertiary/aromatic N) is 1. The van der Waals surface area contributed by atoms with E-state index < -0.39 is 16.8 Å². The van der Waals surface area contributed by atoms with Crippen LogP contribution in [0.4, 0.5) is 0 Å². The van der Waals surface area contributed by atoms with Crippen LogP contribution in [0, 0.1) is 0 Å². The topological polar surface area (TPSA) is 60.4 Å². The fourth-order valence-corrected chi connectivity index (χ4v) is 6.87. The van der Waals surface area contributed by atoms with Crippen LogP contribution in [-0.2, 0) is 21.3 Å². The summed E-state index contributed by atoms with van der Waals surface area (Å²) in [6.07, 6.45) is 3.59. The Hall–Kier alpha value is -2.12. The fraction of sp³-hybridized carbons (Fsp3) is 0.538. The van der Waals surface area contributed by atoms with Crippen LogP contribution in [0.2, 0.25) is 0 Å². The third-order valence-corrected chi connectivity index (χ3v) is 8.36. The zero-order valence-corrected chi connectivity index (χ0v) is 18.8. The predicted molar refractivity (Wildman–Crippen MR) is 119 cm³/mol. The lowest BCUT2D eigenvalue weighted by molar-refractivity contribution is -0.257. The quantitative estimate of drug-likeness (QED) is 0.791. The van der Waals surface area contributed by atoms with Crippen LogP contribution in [0.5, 0.6) is 17.2 Å². The van der Waals surface area contributed by atoms with E-state index in [1.165, 1.54) is 5.56 Å². The highest BCUT2D eigenvalue weighted by atomic mass is 16.7. The highest BCUT2D eigenvalue weighted by molar-refractivity contribution is 5.60. The number of hydrogen-bond donors (Lipinski definition) is 1. The molecule has 6 rings (SSSR count). The number of para-hydroxylation sites is 1. The van der Waals surface area contributed by atoms with Gasteiger partial charge in [0.15, 0.2) is 17.3 Å². The maximum atomic E-state index is 12.4. The van der Waals surface area contributed by atoms with Gasteiger partial charge in [0, 0.05) is 29.9 Å². The van der Waals surface area contributed by atoms with Crippen molar-refractivity contribution in [2.24, 2.45) is 0 Å². The Labute approximate surface area is 189 Å². The largest absolute Gasteiger partial charge is 0.493 e. The molecule has 2 saturated heterocycles. The van der Waals surface area contributed by atoms with Crippen LogP contribution in [0.1, 0.15) is 36.8 Å². The Bertz CT molecular complexity index is 1020. The first-order valence-electron chi connectivity index (χ1n) is 11.6. The molecule has 170 valence electrons. The monoisotopic (exact) mass is 437 g/mol. The van der Waals surface area contributed by atoms with Crippen LogP contribution in [-0.4, -0.2) is 61.4 Å². The minimum atomic E-state index is -0.880. The minimum Gasteiger partial charge on any atom is -0.493 e. The lowest BCUT2D eigenvalue weighted by Crippen LogP contribution is -2.74. The second-order valence-electron chi connectivity index (χ2n) is 9.79. The van der Waals surface area contributed by atoms with Gasteiger partial charge in [0.05, 0.1) is 25.9 Å². The number of likely N-dealkylation sites (N-methyl/N-ethyl adjacent to an activating group) is 1. The number of ether oxygens (including phenoxy) is 4. The number of hydrogen-bond acceptors (Lipinski definition) is 6. The van der Waals surface area contributed by atoms with Crippen molar-refractivity contribution in [2.45, 2.75) is 54.9 Å². The number of rotatable bonds is 3. The first-order chi connectivity index (χ1) is 15.5. The van der Waals surface area contributed by atoms with E-state index in [9.17, 15) is 5.11 Å². The van der Waals surface area contributed by atoms with Crippen molar-refractivity contribution in [1.29, 1.82) is 0 Å². The molecule has 2 aliphatic heterocycles. The van der Waals surface area contributed by atoms with Gasteiger partial charge in [0.25, 0.3) is 0 Å². The minimum absolute atomic E-state index is 0.0560. The van der Waals surface area contributed by atoms with Gasteiger partial charge < -0.3 is 29.0 Å². The second-order valence-corrected chi connectivity index (χ2v) is 9.79. The molecule has 2 bridgehead atoms. The van der Waals surface area contributed by atoms with Gasteiger partial charge in [-0.25, -0.2) is 0 Å². The molecule has 6 heteroatoms. The number of piperidine rings is 1. The molecule has 1 N–H and O–H groups in total. The zero-order chi connectivity index (χ0) is 22.0. The summed E-state index contributed by atoms with van der Waals surface area (Å²) < 4.78 is 24.7. The van der Waals surface area contributed by atoms with Crippen molar-refractivity contribution in [1.82, 2.24) is 4.90 Å². The van der Waals surface area contributed by atoms with E-state index >= 15 is 0 Å². The van der Waals surface area contributed by atoms with Gasteiger partial charge in [-0.2, -0.15) is 0 Å². The van der Waals surface area contributed by atoms with E-state index in [2.05, 4.69) is 18.0 Å². The van der Waals surface area contributed by atoms with Crippen LogP contribution in [0.15, 0.2) is 42.5 Å². The molecule has 3 atom stereocenters. The lowest BCUT2D eigenvalue weighted by Gasteiger charge is -2.65. The average Bonchev–Trinajstić information content (AvgIpc) is 3.25. The maximum Gasteiger partial charge on any atom is 0.173 e. The SMILES string of the molecule is COc1ccc2c(c1Oc1ccccc1)[C@]13CCN(C)[C@H](C2)[C@]1(O)CCC1(C3)OCCO1. The maximum absolute atomic E-state index is 12.4. The van der Waals surface area contributed by atoms with E-state index in [1.54, 1.807) is 7.11 Å². The number of aliphatic hydroxyl groups is 1. The van der Waals surface area contributed by atoms with Gasteiger partial charge in [-0.05, 0) is 56.6 Å². The first kappa shape index (κ1) is 20.5. The van der Waals surface area contributed by atoms with Crippen molar-refractivity contribution < 1.29 is 24.1 Å². The van der Waals surface area contributed by atoms with Crippen LogP contribution in [0.25, 0.3) is 0 Å². The Morgan fingerprint density at radius 2 is 1.81 bits per heavy atom. The first-order valence-corrected chi connectivity index (χ1v) is 11.6. The molecule has 2 heterocycles. The normalized spacial score (nSPS) is 32.9. The van der Waals surface area contributed by atoms with E-state index in [0.29, 0.717) is 44.0 Å². The molecule has 4 aliphatic rings. The van der Waals surface area contributed by atoms with Crippen molar-refractivity contribution >= 4 is 0 Å². The van der Waals surface area contributed by atoms with Gasteiger partial charge >= 0.3 is 0 Å². The predicted octanol–water partition coefficient (Wildman–Crippen LogP) is 3.64. The summed E-state index contributed by atoms with van der Waals surface area (Å²) in [6.45, 7) is 2.12. The second kappa shape index (κ2) is 7.19. The molecule has 2 aliphatic carbocycles. The van der Waals surface area contributed by atoms with Gasteiger partial charge in [0.2, 0.25) is 0 Å². The zero-order valence-electron chi connectivity index (χ0n) is 18.8. The number of methoxy groups -OCH3 is 1. The molecule has 0 aromatic heterocycles. The summed E-state index contributed by atoms with van der Waals surface area (Å²) in [6, 6.07) is 14.0. The standard InChI is InChI=1S/C26H31NO5/c1-27-13-12-24-17-25(30-14-15-31-25)10-11-26(24,28)21(27)16-18-8-9-20(29-2)23(22(18)24)32-19-6-4-3-5-7-19/h3-9,21,28H,10-17H2,1-2H3/t21-,24-,26-/m1/s1. The van der Waals surface area contributed by atoms with Crippen LogP contribution in [0.3, 0.4) is 0 Å². The van der Waals surface area contributed by atoms with Crippen LogP contribution < -0.4 is 9.47 Å². The van der Waals surface area contributed by atoms with Crippen molar-refractivity contribution in [3.05, 3.63) is 53.6 Å². The Morgan fingerprint density at radius 1 is 1.03 bits per heavy atom. The molecule has 1 spiro atoms. The molecule has 2 aromatic carbocycles. The third kappa shape index (κ3) is 2.73. The smallest absolute Gasteiger partial charge is 0.173 e. The molecule has 2 aromatic rings.